The summed E-state index contributed by atoms with van der Waals surface area (Å²) >= 11 is 0. The smallest absolute Gasteiger partial charge is 0.267 e. The molecule has 140 valence electrons. The number of halogens is 1. The molecule has 3 aromatic rings. The van der Waals surface area contributed by atoms with Crippen molar-refractivity contribution in [2.75, 3.05) is 18.0 Å². The van der Waals surface area contributed by atoms with E-state index in [-0.39, 0.29) is 11.6 Å². The van der Waals surface area contributed by atoms with Crippen molar-refractivity contribution in [2.24, 2.45) is 0 Å². The first-order valence-corrected chi connectivity index (χ1v) is 8.87. The molecule has 0 unspecified atom stereocenters. The fourth-order valence-corrected chi connectivity index (χ4v) is 3.43. The Balaban J connectivity index is 1.54. The molecule has 0 radical (unpaired) electrons. The Labute approximate surface area is 155 Å². The van der Waals surface area contributed by atoms with Crippen molar-refractivity contribution < 1.29 is 4.39 Å². The van der Waals surface area contributed by atoms with E-state index in [9.17, 15) is 9.18 Å². The molecule has 4 heterocycles. The summed E-state index contributed by atoms with van der Waals surface area (Å²) in [4.78, 5) is 22.4. The molecule has 0 spiro atoms. The summed E-state index contributed by atoms with van der Waals surface area (Å²) in [5, 5.41) is 8.99. The average molecular weight is 369 g/mol. The summed E-state index contributed by atoms with van der Waals surface area (Å²) in [5.41, 5.74) is 1.74. The number of hydrogen-bond donors (Lipinski definition) is 0. The van der Waals surface area contributed by atoms with Crippen molar-refractivity contribution in [3.63, 3.8) is 0 Å². The number of aryl methyl sites for hydroxylation is 2. The minimum Gasteiger partial charge on any atom is -0.341 e. The maximum atomic E-state index is 13.0. The zero-order chi connectivity index (χ0) is 19.0. The topological polar surface area (TPSA) is 81.7 Å². The minimum absolute atomic E-state index is 0.00823. The summed E-state index contributed by atoms with van der Waals surface area (Å²) in [6, 6.07) is 5.19. The second-order valence-corrected chi connectivity index (χ2v) is 6.73. The molecule has 4 rings (SSSR count). The molecular formula is C18H20FN7O. The second kappa shape index (κ2) is 6.90. The normalized spacial score (nSPS) is 15.3. The molecule has 0 aliphatic carbocycles. The van der Waals surface area contributed by atoms with Crippen LogP contribution in [-0.2, 0) is 0 Å². The van der Waals surface area contributed by atoms with Crippen LogP contribution < -0.4 is 10.5 Å². The molecule has 0 N–H and O–H groups in total. The Morgan fingerprint density at radius 2 is 1.78 bits per heavy atom. The van der Waals surface area contributed by atoms with Gasteiger partial charge in [-0.25, -0.2) is 23.7 Å². The summed E-state index contributed by atoms with van der Waals surface area (Å²) in [5.74, 6) is 0.682. The van der Waals surface area contributed by atoms with Gasteiger partial charge in [-0.05, 0) is 38.8 Å². The number of piperidine rings is 1. The number of hydrogen-bond acceptors (Lipinski definition) is 6. The number of nitrogens with zero attached hydrogens (tertiary/aromatic N) is 7. The molecule has 27 heavy (non-hydrogen) atoms. The van der Waals surface area contributed by atoms with E-state index in [1.54, 1.807) is 15.4 Å². The summed E-state index contributed by atoms with van der Waals surface area (Å²) < 4.78 is 16.3. The van der Waals surface area contributed by atoms with Gasteiger partial charge in [0.1, 0.15) is 0 Å². The maximum absolute atomic E-state index is 13.0. The van der Waals surface area contributed by atoms with Crippen LogP contribution in [0.15, 0.2) is 35.4 Å². The Hall–Kier alpha value is -3.10. The van der Waals surface area contributed by atoms with Crippen LogP contribution in [0, 0.1) is 19.7 Å². The Morgan fingerprint density at radius 1 is 1.07 bits per heavy atom. The van der Waals surface area contributed by atoms with Crippen molar-refractivity contribution in [3.05, 3.63) is 58.2 Å². The van der Waals surface area contributed by atoms with E-state index in [1.165, 1.54) is 18.5 Å². The van der Waals surface area contributed by atoms with Gasteiger partial charge in [0.15, 0.2) is 11.6 Å². The average Bonchev–Trinajstić information content (AvgIpc) is 3.01. The van der Waals surface area contributed by atoms with Gasteiger partial charge in [0.25, 0.3) is 5.56 Å². The SMILES string of the molecule is Cc1cc(C)n(-c2ccc(=O)n(C3CCN(c4ncc(F)cn4)CC3)n2)n1. The fraction of sp³-hybridized carbons (Fsp3) is 0.389. The molecular weight excluding hydrogens is 349 g/mol. The first-order valence-electron chi connectivity index (χ1n) is 8.87. The van der Waals surface area contributed by atoms with Crippen LogP contribution in [0.3, 0.4) is 0 Å². The van der Waals surface area contributed by atoms with Gasteiger partial charge in [-0.15, -0.1) is 5.10 Å². The third-order valence-electron chi connectivity index (χ3n) is 4.74. The van der Waals surface area contributed by atoms with Gasteiger partial charge in [-0.1, -0.05) is 0 Å². The van der Waals surface area contributed by atoms with Gasteiger partial charge in [0.2, 0.25) is 5.95 Å². The molecule has 8 nitrogen and oxygen atoms in total. The van der Waals surface area contributed by atoms with Crippen LogP contribution in [0.25, 0.3) is 5.82 Å². The van der Waals surface area contributed by atoms with Crippen LogP contribution in [-0.4, -0.2) is 42.6 Å². The number of rotatable bonds is 3. The van der Waals surface area contributed by atoms with E-state index >= 15 is 0 Å². The van der Waals surface area contributed by atoms with Gasteiger partial charge in [-0.2, -0.15) is 5.10 Å². The minimum atomic E-state index is -0.453. The van der Waals surface area contributed by atoms with Gasteiger partial charge in [0, 0.05) is 24.8 Å². The van der Waals surface area contributed by atoms with E-state index in [4.69, 9.17) is 0 Å². The van der Waals surface area contributed by atoms with Crippen molar-refractivity contribution in [1.29, 1.82) is 0 Å². The summed E-state index contributed by atoms with van der Waals surface area (Å²) in [6.45, 7) is 5.23. The first-order chi connectivity index (χ1) is 13.0. The maximum Gasteiger partial charge on any atom is 0.267 e. The van der Waals surface area contributed by atoms with Gasteiger partial charge in [0.05, 0.1) is 24.1 Å². The standard InChI is InChI=1S/C18H20FN7O/c1-12-9-13(2)25(22-12)16-3-4-17(27)26(23-16)15-5-7-24(8-6-15)18-20-10-14(19)11-21-18/h3-4,9-11,15H,5-8H2,1-2H3. The van der Waals surface area contributed by atoms with Crippen LogP contribution in [0.5, 0.6) is 0 Å². The zero-order valence-electron chi connectivity index (χ0n) is 15.2. The van der Waals surface area contributed by atoms with Crippen LogP contribution in [0.4, 0.5) is 10.3 Å². The molecule has 0 amide bonds. The fourth-order valence-electron chi connectivity index (χ4n) is 3.43. The van der Waals surface area contributed by atoms with Crippen molar-refractivity contribution in [2.45, 2.75) is 32.7 Å². The highest BCUT2D eigenvalue weighted by Crippen LogP contribution is 2.23. The highest BCUT2D eigenvalue weighted by atomic mass is 19.1. The highest BCUT2D eigenvalue weighted by molar-refractivity contribution is 5.29. The molecule has 0 atom stereocenters. The number of anilines is 1. The van der Waals surface area contributed by atoms with E-state index in [1.807, 2.05) is 24.8 Å². The predicted molar refractivity (Wildman–Crippen MR) is 97.6 cm³/mol. The van der Waals surface area contributed by atoms with Crippen molar-refractivity contribution in [3.8, 4) is 5.82 Å². The van der Waals surface area contributed by atoms with Crippen LogP contribution >= 0.6 is 0 Å². The lowest BCUT2D eigenvalue weighted by Gasteiger charge is -2.32. The third kappa shape index (κ3) is 3.44. The Kier molecular flexibility index (Phi) is 4.43. The quantitative estimate of drug-likeness (QED) is 0.700. The molecule has 1 saturated heterocycles. The van der Waals surface area contributed by atoms with Crippen molar-refractivity contribution >= 4 is 5.95 Å². The van der Waals surface area contributed by atoms with E-state index in [0.29, 0.717) is 24.9 Å². The van der Waals surface area contributed by atoms with E-state index in [0.717, 1.165) is 24.2 Å². The van der Waals surface area contributed by atoms with Crippen LogP contribution in [0.1, 0.15) is 30.3 Å². The van der Waals surface area contributed by atoms with Gasteiger partial charge in [-0.3, -0.25) is 4.79 Å². The lowest BCUT2D eigenvalue weighted by molar-refractivity contribution is 0.349. The molecule has 1 fully saturated rings. The number of aromatic nitrogens is 6. The molecule has 0 bridgehead atoms. The molecule has 0 aromatic carbocycles. The predicted octanol–water partition coefficient (Wildman–Crippen LogP) is 1.82. The lowest BCUT2D eigenvalue weighted by atomic mass is 10.1. The summed E-state index contributed by atoms with van der Waals surface area (Å²) in [7, 11) is 0. The van der Waals surface area contributed by atoms with Gasteiger partial charge < -0.3 is 4.90 Å². The zero-order valence-corrected chi connectivity index (χ0v) is 15.2. The van der Waals surface area contributed by atoms with E-state index in [2.05, 4.69) is 20.2 Å². The Morgan fingerprint density at radius 3 is 2.41 bits per heavy atom. The summed E-state index contributed by atoms with van der Waals surface area (Å²) in [6.07, 6.45) is 3.79. The highest BCUT2D eigenvalue weighted by Gasteiger charge is 2.24. The molecule has 3 aromatic heterocycles. The van der Waals surface area contributed by atoms with E-state index < -0.39 is 5.82 Å². The largest absolute Gasteiger partial charge is 0.341 e. The van der Waals surface area contributed by atoms with Crippen molar-refractivity contribution in [1.82, 2.24) is 29.5 Å². The molecule has 0 saturated carbocycles. The van der Waals surface area contributed by atoms with Gasteiger partial charge >= 0.3 is 0 Å². The lowest BCUT2D eigenvalue weighted by Crippen LogP contribution is -2.39. The monoisotopic (exact) mass is 369 g/mol. The molecule has 1 aliphatic heterocycles. The third-order valence-corrected chi connectivity index (χ3v) is 4.74. The Bertz CT molecular complexity index is 1000. The molecule has 1 aliphatic rings. The first kappa shape index (κ1) is 17.3. The second-order valence-electron chi connectivity index (χ2n) is 6.73. The molecule has 9 heteroatoms. The van der Waals surface area contributed by atoms with Crippen LogP contribution in [0.2, 0.25) is 0 Å².